The molecule has 2 heterocycles. The second-order valence-electron chi connectivity index (χ2n) is 4.57. The molecule has 112 valence electrons. The van der Waals surface area contributed by atoms with E-state index in [0.29, 0.717) is 12.1 Å². The summed E-state index contributed by atoms with van der Waals surface area (Å²) in [5.41, 5.74) is 1.08. The van der Waals surface area contributed by atoms with Gasteiger partial charge in [-0.15, -0.1) is 0 Å². The third kappa shape index (κ3) is 3.47. The first-order chi connectivity index (χ1) is 10.0. The Morgan fingerprint density at radius 1 is 1.48 bits per heavy atom. The van der Waals surface area contributed by atoms with Gasteiger partial charge < -0.3 is 10.4 Å². The maximum Gasteiger partial charge on any atom is 0.328 e. The Morgan fingerprint density at radius 2 is 2.24 bits per heavy atom. The minimum Gasteiger partial charge on any atom is -0.480 e. The predicted octanol–water partition coefficient (Wildman–Crippen LogP) is 0.675. The molecule has 0 fully saturated rings. The molecule has 0 saturated carbocycles. The van der Waals surface area contributed by atoms with E-state index < -0.39 is 12.0 Å². The molecule has 8 heteroatoms. The zero-order valence-electron chi connectivity index (χ0n) is 11.9. The number of aromatic nitrogens is 4. The molecule has 0 spiro atoms. The van der Waals surface area contributed by atoms with E-state index >= 15 is 0 Å². The molecule has 0 radical (unpaired) electrons. The van der Waals surface area contributed by atoms with Gasteiger partial charge in [-0.3, -0.25) is 14.2 Å². The van der Waals surface area contributed by atoms with Crippen LogP contribution in [0.2, 0.25) is 0 Å². The first-order valence-corrected chi connectivity index (χ1v) is 6.58. The fourth-order valence-electron chi connectivity index (χ4n) is 1.73. The van der Waals surface area contributed by atoms with Crippen LogP contribution in [0.15, 0.2) is 24.7 Å². The number of aliphatic carboxylic acids is 1. The van der Waals surface area contributed by atoms with E-state index in [2.05, 4.69) is 15.5 Å². The summed E-state index contributed by atoms with van der Waals surface area (Å²) < 4.78 is 3.01. The van der Waals surface area contributed by atoms with Gasteiger partial charge in [-0.05, 0) is 19.9 Å². The van der Waals surface area contributed by atoms with E-state index in [-0.39, 0.29) is 5.91 Å². The second kappa shape index (κ2) is 6.21. The van der Waals surface area contributed by atoms with Gasteiger partial charge in [-0.2, -0.15) is 10.2 Å². The molecular formula is C13H17N5O3. The van der Waals surface area contributed by atoms with Crippen molar-refractivity contribution in [3.05, 3.63) is 35.9 Å². The molecule has 2 aromatic heterocycles. The maximum absolute atomic E-state index is 12.0. The lowest BCUT2D eigenvalue weighted by atomic mass is 10.3. The predicted molar refractivity (Wildman–Crippen MR) is 73.6 cm³/mol. The van der Waals surface area contributed by atoms with Crippen molar-refractivity contribution in [3.8, 4) is 0 Å². The van der Waals surface area contributed by atoms with E-state index in [9.17, 15) is 9.59 Å². The lowest BCUT2D eigenvalue weighted by molar-refractivity contribution is -0.140. The summed E-state index contributed by atoms with van der Waals surface area (Å²) in [4.78, 5) is 22.8. The van der Waals surface area contributed by atoms with Crippen molar-refractivity contribution in [2.24, 2.45) is 0 Å². The van der Waals surface area contributed by atoms with E-state index in [1.165, 1.54) is 24.0 Å². The molecule has 2 rings (SSSR count). The quantitative estimate of drug-likeness (QED) is 0.814. The van der Waals surface area contributed by atoms with Crippen LogP contribution < -0.4 is 5.32 Å². The maximum atomic E-state index is 12.0. The lowest BCUT2D eigenvalue weighted by Crippen LogP contribution is -2.23. The Balaban J connectivity index is 1.96. The summed E-state index contributed by atoms with van der Waals surface area (Å²) >= 11 is 0. The van der Waals surface area contributed by atoms with Crippen LogP contribution in [0.3, 0.4) is 0 Å². The van der Waals surface area contributed by atoms with Crippen LogP contribution >= 0.6 is 0 Å². The minimum atomic E-state index is -1.00. The van der Waals surface area contributed by atoms with Crippen LogP contribution in [-0.2, 0) is 17.9 Å². The van der Waals surface area contributed by atoms with Gasteiger partial charge in [0.1, 0.15) is 6.04 Å². The average molecular weight is 291 g/mol. The molecule has 2 aromatic rings. The first kappa shape index (κ1) is 14.8. The molecule has 0 saturated heterocycles. The molecule has 8 nitrogen and oxygen atoms in total. The van der Waals surface area contributed by atoms with Gasteiger partial charge in [0.05, 0.1) is 24.0 Å². The lowest BCUT2D eigenvalue weighted by Gasteiger charge is -2.05. The Hall–Kier alpha value is -2.64. The van der Waals surface area contributed by atoms with Crippen molar-refractivity contribution in [1.29, 1.82) is 0 Å². The highest BCUT2D eigenvalue weighted by Crippen LogP contribution is 2.07. The van der Waals surface area contributed by atoms with Crippen LogP contribution in [0.4, 0.5) is 0 Å². The number of carbonyl (C=O) groups is 2. The Kier molecular flexibility index (Phi) is 4.36. The number of aryl methyl sites for hydroxylation is 1. The number of nitrogens with one attached hydrogen (secondary N) is 1. The van der Waals surface area contributed by atoms with Gasteiger partial charge in [-0.25, -0.2) is 4.79 Å². The van der Waals surface area contributed by atoms with E-state index in [1.807, 2.05) is 19.2 Å². The topological polar surface area (TPSA) is 102 Å². The van der Waals surface area contributed by atoms with Gasteiger partial charge >= 0.3 is 5.97 Å². The molecule has 1 atom stereocenters. The third-order valence-corrected chi connectivity index (χ3v) is 3.07. The van der Waals surface area contributed by atoms with Crippen molar-refractivity contribution in [2.75, 3.05) is 0 Å². The molecule has 21 heavy (non-hydrogen) atoms. The summed E-state index contributed by atoms with van der Waals surface area (Å²) in [6, 6.07) is 1.02. The number of nitrogens with zero attached hydrogens (tertiary/aromatic N) is 4. The first-order valence-electron chi connectivity index (χ1n) is 6.58. The highest BCUT2D eigenvalue weighted by Gasteiger charge is 2.16. The molecule has 1 amide bonds. The van der Waals surface area contributed by atoms with Gasteiger partial charge in [0, 0.05) is 18.9 Å². The molecule has 0 aliphatic heterocycles. The number of amides is 1. The Labute approximate surface area is 121 Å². The van der Waals surface area contributed by atoms with Crippen molar-refractivity contribution in [3.63, 3.8) is 0 Å². The number of rotatable bonds is 6. The number of carbonyl (C=O) groups excluding carboxylic acids is 1. The molecule has 0 aliphatic rings. The summed E-state index contributed by atoms with van der Waals surface area (Å²) in [5, 5.41) is 19.7. The number of hydrogen-bond acceptors (Lipinski definition) is 4. The van der Waals surface area contributed by atoms with E-state index in [0.717, 1.165) is 12.2 Å². The molecule has 1 unspecified atom stereocenters. The van der Waals surface area contributed by atoms with Crippen LogP contribution in [-0.4, -0.2) is 36.5 Å². The summed E-state index contributed by atoms with van der Waals surface area (Å²) in [5.74, 6) is -1.32. The van der Waals surface area contributed by atoms with Crippen molar-refractivity contribution in [1.82, 2.24) is 24.9 Å². The van der Waals surface area contributed by atoms with Gasteiger partial charge in [-0.1, -0.05) is 0 Å². The summed E-state index contributed by atoms with van der Waals surface area (Å²) in [6.45, 7) is 4.56. The SMILES string of the molecule is CCn1ccc(CNC(=O)c2cnn(C(C)C(=O)O)c2)n1. The van der Waals surface area contributed by atoms with E-state index in [4.69, 9.17) is 5.11 Å². The van der Waals surface area contributed by atoms with Crippen molar-refractivity contribution in [2.45, 2.75) is 33.0 Å². The minimum absolute atomic E-state index is 0.311. The van der Waals surface area contributed by atoms with Crippen molar-refractivity contribution < 1.29 is 14.7 Å². The van der Waals surface area contributed by atoms with Crippen LogP contribution in [0, 0.1) is 0 Å². The highest BCUT2D eigenvalue weighted by atomic mass is 16.4. The van der Waals surface area contributed by atoms with Crippen molar-refractivity contribution >= 4 is 11.9 Å². The highest BCUT2D eigenvalue weighted by molar-refractivity contribution is 5.93. The summed E-state index contributed by atoms with van der Waals surface area (Å²) in [7, 11) is 0. The zero-order valence-corrected chi connectivity index (χ0v) is 11.9. The molecule has 0 aromatic carbocycles. The number of carboxylic acids is 1. The smallest absolute Gasteiger partial charge is 0.328 e. The zero-order chi connectivity index (χ0) is 15.4. The molecular weight excluding hydrogens is 274 g/mol. The fourth-order valence-corrected chi connectivity index (χ4v) is 1.73. The Morgan fingerprint density at radius 3 is 2.86 bits per heavy atom. The number of carboxylic acid groups (broad SMARTS) is 1. The normalized spacial score (nSPS) is 12.1. The average Bonchev–Trinajstić information content (AvgIpc) is 3.12. The Bertz CT molecular complexity index is 646. The van der Waals surface area contributed by atoms with Crippen LogP contribution in [0.5, 0.6) is 0 Å². The van der Waals surface area contributed by atoms with Gasteiger partial charge in [0.25, 0.3) is 5.91 Å². The van der Waals surface area contributed by atoms with Crippen LogP contribution in [0.1, 0.15) is 35.9 Å². The standard InChI is InChI=1S/C13H17N5O3/c1-3-17-5-4-11(16-17)7-14-12(19)10-6-15-18(8-10)9(2)13(20)21/h4-6,8-9H,3,7H2,1-2H3,(H,14,19)(H,20,21). The second-order valence-corrected chi connectivity index (χ2v) is 4.57. The van der Waals surface area contributed by atoms with Gasteiger partial charge in [0.2, 0.25) is 0 Å². The monoisotopic (exact) mass is 291 g/mol. The number of hydrogen-bond donors (Lipinski definition) is 2. The molecule has 0 aliphatic carbocycles. The van der Waals surface area contributed by atoms with Crippen LogP contribution in [0.25, 0.3) is 0 Å². The van der Waals surface area contributed by atoms with E-state index in [1.54, 1.807) is 4.68 Å². The third-order valence-electron chi connectivity index (χ3n) is 3.07. The molecule has 2 N–H and O–H groups in total. The van der Waals surface area contributed by atoms with Gasteiger partial charge in [0.15, 0.2) is 0 Å². The summed E-state index contributed by atoms with van der Waals surface area (Å²) in [6.07, 6.45) is 4.60. The fraction of sp³-hybridized carbons (Fsp3) is 0.385. The molecule has 0 bridgehead atoms. The largest absolute Gasteiger partial charge is 0.480 e.